The Morgan fingerprint density at radius 1 is 1.26 bits per heavy atom. The second kappa shape index (κ2) is 7.68. The average Bonchev–Trinajstić information content (AvgIpc) is 2.53. The first-order chi connectivity index (χ1) is 10.9. The lowest BCUT2D eigenvalue weighted by Gasteiger charge is -2.08. The van der Waals surface area contributed by atoms with Crippen LogP contribution in [0.2, 0.25) is 10.0 Å². The minimum atomic E-state index is -0.660. The SMILES string of the molecule is CSc1ccc(C(=O)OCc2ccc(Cl)cc2Cl)cc1[N+](=O)[O-]. The summed E-state index contributed by atoms with van der Waals surface area (Å²) in [5, 5.41) is 11.9. The fourth-order valence-electron chi connectivity index (χ4n) is 1.83. The summed E-state index contributed by atoms with van der Waals surface area (Å²) in [5.41, 5.74) is 0.579. The standard InChI is InChI=1S/C15H11Cl2NO4S/c1-23-14-5-3-9(6-13(14)18(20)21)15(19)22-8-10-2-4-11(16)7-12(10)17/h2-7H,8H2,1H3. The minimum Gasteiger partial charge on any atom is -0.457 e. The predicted octanol–water partition coefficient (Wildman–Crippen LogP) is 4.98. The number of hydrogen-bond acceptors (Lipinski definition) is 5. The van der Waals surface area contributed by atoms with Crippen molar-refractivity contribution >= 4 is 46.6 Å². The lowest BCUT2D eigenvalue weighted by atomic mass is 10.2. The van der Waals surface area contributed by atoms with E-state index in [2.05, 4.69) is 0 Å². The molecule has 2 aromatic carbocycles. The molecule has 0 N–H and O–H groups in total. The lowest BCUT2D eigenvalue weighted by molar-refractivity contribution is -0.387. The van der Waals surface area contributed by atoms with E-state index in [1.165, 1.54) is 30.0 Å². The van der Waals surface area contributed by atoms with Crippen molar-refractivity contribution in [2.75, 3.05) is 6.26 Å². The van der Waals surface area contributed by atoms with Gasteiger partial charge in [-0.1, -0.05) is 29.3 Å². The molecule has 2 rings (SSSR count). The number of carbonyl (C=O) groups is 1. The number of nitrogens with zero attached hydrogens (tertiary/aromatic N) is 1. The number of halogens is 2. The van der Waals surface area contributed by atoms with Crippen molar-refractivity contribution in [3.8, 4) is 0 Å². The summed E-state index contributed by atoms with van der Waals surface area (Å²) in [6.07, 6.45) is 1.73. The summed E-state index contributed by atoms with van der Waals surface area (Å²) in [6.45, 7) is -0.0487. The van der Waals surface area contributed by atoms with Crippen molar-refractivity contribution in [3.63, 3.8) is 0 Å². The van der Waals surface area contributed by atoms with Crippen molar-refractivity contribution in [2.24, 2.45) is 0 Å². The molecule has 0 aliphatic rings. The van der Waals surface area contributed by atoms with Gasteiger partial charge in [-0.3, -0.25) is 10.1 Å². The van der Waals surface area contributed by atoms with Crippen LogP contribution in [-0.2, 0) is 11.3 Å². The largest absolute Gasteiger partial charge is 0.457 e. The zero-order valence-electron chi connectivity index (χ0n) is 11.9. The Bertz CT molecular complexity index is 767. The fraction of sp³-hybridized carbons (Fsp3) is 0.133. The van der Waals surface area contributed by atoms with E-state index in [1.807, 2.05) is 0 Å². The number of nitro benzene ring substituents is 1. The third-order valence-corrected chi connectivity index (χ3v) is 4.36. The summed E-state index contributed by atoms with van der Waals surface area (Å²) in [7, 11) is 0. The van der Waals surface area contributed by atoms with E-state index in [9.17, 15) is 14.9 Å². The number of ether oxygens (including phenoxy) is 1. The summed E-state index contributed by atoms with van der Waals surface area (Å²) < 4.78 is 5.15. The molecule has 0 fully saturated rings. The molecular weight excluding hydrogens is 361 g/mol. The van der Waals surface area contributed by atoms with Crippen LogP contribution in [0.1, 0.15) is 15.9 Å². The molecular formula is C15H11Cl2NO4S. The van der Waals surface area contributed by atoms with Crippen LogP contribution < -0.4 is 0 Å². The first-order valence-corrected chi connectivity index (χ1v) is 8.34. The highest BCUT2D eigenvalue weighted by Gasteiger charge is 2.18. The topological polar surface area (TPSA) is 69.4 Å². The van der Waals surface area contributed by atoms with Crippen LogP contribution in [0.25, 0.3) is 0 Å². The number of rotatable bonds is 5. The van der Waals surface area contributed by atoms with Crippen LogP contribution in [0.5, 0.6) is 0 Å². The Labute approximate surface area is 146 Å². The van der Waals surface area contributed by atoms with Gasteiger partial charge >= 0.3 is 5.97 Å². The second-order valence-corrected chi connectivity index (χ2v) is 6.15. The summed E-state index contributed by atoms with van der Waals surface area (Å²) in [6, 6.07) is 9.05. The Morgan fingerprint density at radius 3 is 2.61 bits per heavy atom. The smallest absolute Gasteiger partial charge is 0.338 e. The first kappa shape index (κ1) is 17.6. The maximum absolute atomic E-state index is 12.0. The van der Waals surface area contributed by atoms with Crippen LogP contribution in [0.15, 0.2) is 41.3 Å². The van der Waals surface area contributed by atoms with Crippen LogP contribution >= 0.6 is 35.0 Å². The number of nitro groups is 1. The van der Waals surface area contributed by atoms with Crippen molar-refractivity contribution in [2.45, 2.75) is 11.5 Å². The van der Waals surface area contributed by atoms with E-state index in [4.69, 9.17) is 27.9 Å². The van der Waals surface area contributed by atoms with Gasteiger partial charge < -0.3 is 4.74 Å². The van der Waals surface area contributed by atoms with E-state index in [0.717, 1.165) is 0 Å². The molecule has 0 aromatic heterocycles. The third-order valence-electron chi connectivity index (χ3n) is 2.99. The number of thioether (sulfide) groups is 1. The van der Waals surface area contributed by atoms with Gasteiger partial charge in [0, 0.05) is 21.7 Å². The fourth-order valence-corrected chi connectivity index (χ4v) is 2.83. The van der Waals surface area contributed by atoms with Gasteiger partial charge in [0.05, 0.1) is 15.4 Å². The lowest BCUT2D eigenvalue weighted by Crippen LogP contribution is -2.06. The maximum Gasteiger partial charge on any atom is 0.338 e. The molecule has 23 heavy (non-hydrogen) atoms. The number of carbonyl (C=O) groups excluding carboxylic acids is 1. The van der Waals surface area contributed by atoms with Gasteiger partial charge in [-0.2, -0.15) is 0 Å². The molecule has 0 unspecified atom stereocenters. The van der Waals surface area contributed by atoms with E-state index >= 15 is 0 Å². The highest BCUT2D eigenvalue weighted by molar-refractivity contribution is 7.98. The van der Waals surface area contributed by atoms with Gasteiger partial charge in [-0.15, -0.1) is 11.8 Å². The predicted molar refractivity (Wildman–Crippen MR) is 90.5 cm³/mol. The van der Waals surface area contributed by atoms with Gasteiger partial charge in [0.15, 0.2) is 0 Å². The molecule has 0 bridgehead atoms. The summed E-state index contributed by atoms with van der Waals surface area (Å²) >= 11 is 13.0. The van der Waals surface area contributed by atoms with E-state index < -0.39 is 10.9 Å². The van der Waals surface area contributed by atoms with Gasteiger partial charge in [0.25, 0.3) is 5.69 Å². The Hall–Kier alpha value is -1.76. The molecule has 8 heteroatoms. The zero-order valence-corrected chi connectivity index (χ0v) is 14.2. The molecule has 0 saturated heterocycles. The quantitative estimate of drug-likeness (QED) is 0.320. The van der Waals surface area contributed by atoms with Crippen LogP contribution in [-0.4, -0.2) is 17.1 Å². The van der Waals surface area contributed by atoms with E-state index in [0.29, 0.717) is 20.5 Å². The van der Waals surface area contributed by atoms with Gasteiger partial charge in [-0.05, 0) is 30.5 Å². The normalized spacial score (nSPS) is 10.4. The Morgan fingerprint density at radius 2 is 2.00 bits per heavy atom. The third kappa shape index (κ3) is 4.37. The maximum atomic E-state index is 12.0. The first-order valence-electron chi connectivity index (χ1n) is 6.36. The minimum absolute atomic E-state index is 0.0487. The highest BCUT2D eigenvalue weighted by Crippen LogP contribution is 2.29. The van der Waals surface area contributed by atoms with Crippen LogP contribution in [0.3, 0.4) is 0 Å². The molecule has 0 atom stereocenters. The van der Waals surface area contributed by atoms with Gasteiger partial charge in [0.1, 0.15) is 6.61 Å². The Kier molecular flexibility index (Phi) is 5.87. The average molecular weight is 372 g/mol. The van der Waals surface area contributed by atoms with Crippen molar-refractivity contribution < 1.29 is 14.5 Å². The molecule has 0 saturated carbocycles. The molecule has 0 aliphatic heterocycles. The molecule has 0 amide bonds. The van der Waals surface area contributed by atoms with Crippen molar-refractivity contribution in [3.05, 3.63) is 67.7 Å². The highest BCUT2D eigenvalue weighted by atomic mass is 35.5. The molecule has 5 nitrogen and oxygen atoms in total. The van der Waals surface area contributed by atoms with Gasteiger partial charge in [0.2, 0.25) is 0 Å². The summed E-state index contributed by atoms with van der Waals surface area (Å²) in [5.74, 6) is -0.660. The van der Waals surface area contributed by atoms with E-state index in [-0.39, 0.29) is 17.9 Å². The number of esters is 1. The zero-order chi connectivity index (χ0) is 17.0. The number of hydrogen-bond donors (Lipinski definition) is 0. The molecule has 120 valence electrons. The van der Waals surface area contributed by atoms with Crippen LogP contribution in [0, 0.1) is 10.1 Å². The molecule has 0 heterocycles. The van der Waals surface area contributed by atoms with Crippen LogP contribution in [0.4, 0.5) is 5.69 Å². The van der Waals surface area contributed by atoms with Crippen molar-refractivity contribution in [1.29, 1.82) is 0 Å². The molecule has 0 radical (unpaired) electrons. The molecule has 0 aliphatic carbocycles. The molecule has 2 aromatic rings. The number of benzene rings is 2. The van der Waals surface area contributed by atoms with E-state index in [1.54, 1.807) is 24.5 Å². The van der Waals surface area contributed by atoms with Gasteiger partial charge in [-0.25, -0.2) is 4.79 Å². The molecule has 0 spiro atoms. The summed E-state index contributed by atoms with van der Waals surface area (Å²) in [4.78, 5) is 23.0. The Balaban J connectivity index is 2.14. The van der Waals surface area contributed by atoms with Crippen molar-refractivity contribution in [1.82, 2.24) is 0 Å². The second-order valence-electron chi connectivity index (χ2n) is 4.46. The monoisotopic (exact) mass is 371 g/mol.